The van der Waals surface area contributed by atoms with Crippen LogP contribution in [0.2, 0.25) is 0 Å². The summed E-state index contributed by atoms with van der Waals surface area (Å²) in [5.41, 5.74) is 13.5. The molecule has 0 aliphatic heterocycles. The number of sulfonamides is 1. The normalized spacial score (nSPS) is 12.0. The van der Waals surface area contributed by atoms with Crippen LogP contribution in [0, 0.1) is 10.8 Å². The second-order valence-electron chi connectivity index (χ2n) is 7.94. The zero-order chi connectivity index (χ0) is 26.1. The molecule has 0 saturated carbocycles. The first-order chi connectivity index (χ1) is 17.2. The van der Waals surface area contributed by atoms with E-state index < -0.39 is 22.0 Å². The lowest BCUT2D eigenvalue weighted by molar-refractivity contribution is -0.124. The van der Waals surface area contributed by atoms with Gasteiger partial charge in [0.2, 0.25) is 15.9 Å². The highest BCUT2D eigenvalue weighted by molar-refractivity contribution is 7.89. The Kier molecular flexibility index (Phi) is 8.90. The van der Waals surface area contributed by atoms with Crippen LogP contribution in [-0.2, 0) is 32.7 Å². The summed E-state index contributed by atoms with van der Waals surface area (Å²) in [5, 5.41) is 17.6. The Morgan fingerprint density at radius 2 is 1.39 bits per heavy atom. The number of nitrogen functional groups attached to an aromatic ring is 2. The summed E-state index contributed by atoms with van der Waals surface area (Å²) < 4.78 is 34.0. The van der Waals surface area contributed by atoms with Crippen LogP contribution >= 0.6 is 0 Å². The predicted octanol–water partition coefficient (Wildman–Crippen LogP) is 1.43. The van der Waals surface area contributed by atoms with Gasteiger partial charge in [-0.25, -0.2) is 8.42 Å². The van der Waals surface area contributed by atoms with Gasteiger partial charge in [-0.05, 0) is 35.4 Å². The number of rotatable bonds is 12. The third-order valence-electron chi connectivity index (χ3n) is 5.22. The number of hydrogen-bond donors (Lipinski definition) is 6. The highest BCUT2D eigenvalue weighted by Gasteiger charge is 2.26. The van der Waals surface area contributed by atoms with Gasteiger partial charge in [0.1, 0.15) is 17.7 Å². The lowest BCUT2D eigenvalue weighted by Crippen LogP contribution is -2.49. The Hall–Kier alpha value is -4.06. The Morgan fingerprint density at radius 1 is 0.833 bits per heavy atom. The van der Waals surface area contributed by atoms with E-state index in [1.54, 1.807) is 24.3 Å². The zero-order valence-electron chi connectivity index (χ0n) is 19.4. The van der Waals surface area contributed by atoms with Gasteiger partial charge in [0, 0.05) is 17.7 Å². The van der Waals surface area contributed by atoms with Crippen molar-refractivity contribution in [3.63, 3.8) is 0 Å². The zero-order valence-corrected chi connectivity index (χ0v) is 20.2. The molecule has 8 N–H and O–H groups in total. The van der Waals surface area contributed by atoms with Gasteiger partial charge in [-0.1, -0.05) is 54.6 Å². The van der Waals surface area contributed by atoms with E-state index in [0.29, 0.717) is 11.1 Å². The van der Waals surface area contributed by atoms with Crippen molar-refractivity contribution in [2.45, 2.75) is 24.1 Å². The van der Waals surface area contributed by atoms with Gasteiger partial charge in [0.15, 0.2) is 0 Å². The summed E-state index contributed by atoms with van der Waals surface area (Å²) in [6.45, 7) is 0.141. The average molecular weight is 509 g/mol. The lowest BCUT2D eigenvalue weighted by atomic mass is 10.1. The minimum absolute atomic E-state index is 0.0630. The molecule has 0 spiro atoms. The van der Waals surface area contributed by atoms with Gasteiger partial charge >= 0.3 is 0 Å². The first kappa shape index (κ1) is 26.5. The van der Waals surface area contributed by atoms with E-state index >= 15 is 0 Å². The number of carbonyl (C=O) groups excluding carboxylic acids is 1. The van der Waals surface area contributed by atoms with Crippen LogP contribution in [-0.4, -0.2) is 38.6 Å². The number of ether oxygens (including phenoxy) is 1. The van der Waals surface area contributed by atoms with Crippen LogP contribution < -0.4 is 21.5 Å². The maximum atomic E-state index is 13.0. The van der Waals surface area contributed by atoms with Gasteiger partial charge in [-0.3, -0.25) is 15.6 Å². The molecule has 0 heterocycles. The number of benzene rings is 3. The summed E-state index contributed by atoms with van der Waals surface area (Å²) >= 11 is 0. The molecule has 0 bridgehead atoms. The smallest absolute Gasteiger partial charge is 0.241 e. The fraction of sp³-hybridized carbons (Fsp3) is 0.160. The number of amidine groups is 2. The van der Waals surface area contributed by atoms with E-state index in [4.69, 9.17) is 27.0 Å². The highest BCUT2D eigenvalue weighted by atomic mass is 32.2. The standard InChI is InChI=1S/C25H28N6O4S/c26-23(27)19-8-6-17(7-9-19)14-30-25(32)22(16-35-15-18-4-2-1-3-5-18)31-36(33,34)21-12-10-20(11-13-21)24(28)29/h1-13,22,31H,14-16H2,(H3,26,27)(H3,28,29)(H,30,32)/t22-/m1/s1. The number of hydrogen-bond acceptors (Lipinski definition) is 6. The van der Waals surface area contributed by atoms with Gasteiger partial charge in [-0.15, -0.1) is 0 Å². The average Bonchev–Trinajstić information content (AvgIpc) is 2.87. The molecular formula is C25H28N6O4S. The Morgan fingerprint density at radius 3 is 1.94 bits per heavy atom. The van der Waals surface area contributed by atoms with Crippen molar-refractivity contribution in [2.24, 2.45) is 11.5 Å². The monoisotopic (exact) mass is 508 g/mol. The molecule has 0 radical (unpaired) electrons. The Labute approximate surface area is 209 Å². The third kappa shape index (κ3) is 7.47. The van der Waals surface area contributed by atoms with Gasteiger partial charge in [0.25, 0.3) is 0 Å². The molecule has 0 unspecified atom stereocenters. The molecule has 0 aliphatic rings. The Bertz CT molecular complexity index is 1310. The molecular weight excluding hydrogens is 480 g/mol. The van der Waals surface area contributed by atoms with Crippen LogP contribution in [0.4, 0.5) is 0 Å². The van der Waals surface area contributed by atoms with Crippen LogP contribution in [0.15, 0.2) is 83.8 Å². The van der Waals surface area contributed by atoms with E-state index in [2.05, 4.69) is 10.0 Å². The minimum Gasteiger partial charge on any atom is -0.384 e. The predicted molar refractivity (Wildman–Crippen MR) is 137 cm³/mol. The molecule has 11 heteroatoms. The van der Waals surface area contributed by atoms with E-state index in [1.807, 2.05) is 30.3 Å². The third-order valence-corrected chi connectivity index (χ3v) is 6.70. The number of amides is 1. The molecule has 3 rings (SSSR count). The van der Waals surface area contributed by atoms with Crippen molar-refractivity contribution in [3.8, 4) is 0 Å². The Balaban J connectivity index is 1.71. The van der Waals surface area contributed by atoms with Gasteiger partial charge in [-0.2, -0.15) is 4.72 Å². The molecule has 188 valence electrons. The SMILES string of the molecule is N=C(N)c1ccc(CNC(=O)[C@@H](COCc2ccccc2)NS(=O)(=O)c2ccc(C(=N)N)cc2)cc1. The minimum atomic E-state index is -4.08. The first-order valence-corrected chi connectivity index (χ1v) is 12.4. The quantitative estimate of drug-likeness (QED) is 0.159. The number of nitrogens with two attached hydrogens (primary N) is 2. The molecule has 36 heavy (non-hydrogen) atoms. The largest absolute Gasteiger partial charge is 0.384 e. The molecule has 0 aliphatic carbocycles. The van der Waals surface area contributed by atoms with Gasteiger partial charge < -0.3 is 21.5 Å². The van der Waals surface area contributed by atoms with Crippen molar-refractivity contribution in [2.75, 3.05) is 6.61 Å². The fourth-order valence-corrected chi connectivity index (χ4v) is 4.40. The molecule has 3 aromatic rings. The first-order valence-electron chi connectivity index (χ1n) is 11.0. The summed E-state index contributed by atoms with van der Waals surface area (Å²) in [7, 11) is -4.08. The topological polar surface area (TPSA) is 184 Å². The van der Waals surface area contributed by atoms with Crippen molar-refractivity contribution in [3.05, 3.63) is 101 Å². The van der Waals surface area contributed by atoms with Crippen molar-refractivity contribution >= 4 is 27.6 Å². The van der Waals surface area contributed by atoms with E-state index in [1.165, 1.54) is 24.3 Å². The maximum Gasteiger partial charge on any atom is 0.241 e. The molecule has 1 atom stereocenters. The van der Waals surface area contributed by atoms with E-state index in [9.17, 15) is 13.2 Å². The number of carbonyl (C=O) groups is 1. The molecule has 0 aromatic heterocycles. The van der Waals surface area contributed by atoms with E-state index in [0.717, 1.165) is 11.1 Å². The van der Waals surface area contributed by atoms with E-state index in [-0.39, 0.29) is 36.3 Å². The molecule has 0 fully saturated rings. The second-order valence-corrected chi connectivity index (χ2v) is 9.66. The summed E-state index contributed by atoms with van der Waals surface area (Å²) in [4.78, 5) is 12.9. The molecule has 3 aromatic carbocycles. The van der Waals surface area contributed by atoms with Crippen LogP contribution in [0.1, 0.15) is 22.3 Å². The lowest BCUT2D eigenvalue weighted by Gasteiger charge is -2.19. The summed E-state index contributed by atoms with van der Waals surface area (Å²) in [6, 6.07) is 20.3. The van der Waals surface area contributed by atoms with Crippen LogP contribution in [0.5, 0.6) is 0 Å². The molecule has 0 saturated heterocycles. The fourth-order valence-electron chi connectivity index (χ4n) is 3.22. The summed E-state index contributed by atoms with van der Waals surface area (Å²) in [6.07, 6.45) is 0. The molecule has 10 nitrogen and oxygen atoms in total. The second kappa shape index (κ2) is 12.1. The summed E-state index contributed by atoms with van der Waals surface area (Å²) in [5.74, 6) is -0.815. The molecule has 1 amide bonds. The van der Waals surface area contributed by atoms with Gasteiger partial charge in [0.05, 0.1) is 18.1 Å². The van der Waals surface area contributed by atoms with Crippen molar-refractivity contribution in [1.82, 2.24) is 10.0 Å². The van der Waals surface area contributed by atoms with Crippen molar-refractivity contribution in [1.29, 1.82) is 10.8 Å². The van der Waals surface area contributed by atoms with Crippen molar-refractivity contribution < 1.29 is 17.9 Å². The van der Waals surface area contributed by atoms with Crippen LogP contribution in [0.3, 0.4) is 0 Å². The highest BCUT2D eigenvalue weighted by Crippen LogP contribution is 2.12. The number of nitrogens with one attached hydrogen (secondary N) is 4. The van der Waals surface area contributed by atoms with Crippen LogP contribution in [0.25, 0.3) is 0 Å². The maximum absolute atomic E-state index is 13.0.